The van der Waals surface area contributed by atoms with Crippen molar-refractivity contribution < 1.29 is 9.84 Å². The number of pyridine rings is 1. The van der Waals surface area contributed by atoms with Gasteiger partial charge in [-0.15, -0.1) is 0 Å². The van der Waals surface area contributed by atoms with Gasteiger partial charge in [0.05, 0.1) is 11.2 Å². The first-order valence-corrected chi connectivity index (χ1v) is 8.33. The molecule has 1 atom stereocenters. The van der Waals surface area contributed by atoms with Crippen LogP contribution in [0, 0.1) is 0 Å². The molecule has 0 amide bonds. The average Bonchev–Trinajstić information content (AvgIpc) is 2.84. The van der Waals surface area contributed by atoms with Crippen molar-refractivity contribution in [3.63, 3.8) is 0 Å². The molecule has 1 saturated heterocycles. The molecule has 1 fully saturated rings. The van der Waals surface area contributed by atoms with E-state index in [1.54, 1.807) is 6.20 Å². The fourth-order valence-electron chi connectivity index (χ4n) is 3.72. The largest absolute Gasteiger partial charge is 0.364 e. The van der Waals surface area contributed by atoms with Gasteiger partial charge < -0.3 is 9.84 Å². The highest BCUT2D eigenvalue weighted by Gasteiger charge is 2.47. The number of fused-ring (bicyclic) bond motifs is 2. The van der Waals surface area contributed by atoms with Gasteiger partial charge in [0.2, 0.25) is 0 Å². The van der Waals surface area contributed by atoms with Crippen molar-refractivity contribution in [3.05, 3.63) is 64.4 Å². The summed E-state index contributed by atoms with van der Waals surface area (Å²) in [6, 6.07) is 12.4. The lowest BCUT2D eigenvalue weighted by atomic mass is 9.84. The van der Waals surface area contributed by atoms with E-state index in [-0.39, 0.29) is 0 Å². The summed E-state index contributed by atoms with van der Waals surface area (Å²) in [7, 11) is 0. The second kappa shape index (κ2) is 5.87. The van der Waals surface area contributed by atoms with Crippen molar-refractivity contribution in [3.8, 4) is 0 Å². The Labute approximate surface area is 140 Å². The second-order valence-corrected chi connectivity index (χ2v) is 6.65. The van der Waals surface area contributed by atoms with E-state index in [1.807, 2.05) is 12.1 Å². The maximum absolute atomic E-state index is 10.2. The third kappa shape index (κ3) is 2.66. The number of hydrogen-bond acceptors (Lipinski definition) is 4. The smallest absolute Gasteiger partial charge is 0.185 e. The van der Waals surface area contributed by atoms with E-state index in [4.69, 9.17) is 16.3 Å². The summed E-state index contributed by atoms with van der Waals surface area (Å²) in [6.07, 6.45) is 2.43. The molecule has 2 aliphatic rings. The minimum absolute atomic E-state index is 0.346. The lowest BCUT2D eigenvalue weighted by Gasteiger charge is -2.39. The topological polar surface area (TPSA) is 45.6 Å². The Morgan fingerprint density at radius 1 is 1.22 bits per heavy atom. The van der Waals surface area contributed by atoms with Crippen molar-refractivity contribution in [2.75, 3.05) is 13.1 Å². The fraction of sp³-hybridized carbons (Fsp3) is 0.389. The molecule has 0 aliphatic carbocycles. The molecule has 0 saturated carbocycles. The van der Waals surface area contributed by atoms with E-state index in [9.17, 15) is 5.11 Å². The molecule has 2 aliphatic heterocycles. The van der Waals surface area contributed by atoms with Crippen LogP contribution in [0.3, 0.4) is 0 Å². The zero-order valence-electron chi connectivity index (χ0n) is 12.8. The molecule has 1 N–H and O–H groups in total. The molecule has 4 rings (SSSR count). The van der Waals surface area contributed by atoms with Crippen molar-refractivity contribution in [1.29, 1.82) is 0 Å². The van der Waals surface area contributed by atoms with Crippen molar-refractivity contribution in [2.45, 2.75) is 31.3 Å². The normalized spacial score (nSPS) is 23.1. The molecule has 0 radical (unpaired) electrons. The van der Waals surface area contributed by atoms with E-state index in [1.165, 1.54) is 5.56 Å². The first kappa shape index (κ1) is 15.1. The third-order valence-corrected chi connectivity index (χ3v) is 5.23. The highest BCUT2D eigenvalue weighted by Crippen LogP contribution is 2.49. The molecule has 3 heterocycles. The first-order chi connectivity index (χ1) is 11.2. The molecule has 1 spiro atoms. The summed E-state index contributed by atoms with van der Waals surface area (Å²) in [6.45, 7) is 2.81. The molecular weight excluding hydrogens is 312 g/mol. The Bertz CT molecular complexity index is 699. The summed E-state index contributed by atoms with van der Waals surface area (Å²) in [5.41, 5.74) is 2.55. The Hall–Kier alpha value is -1.46. The molecule has 5 heteroatoms. The van der Waals surface area contributed by atoms with Gasteiger partial charge in [0.25, 0.3) is 0 Å². The van der Waals surface area contributed by atoms with Crippen LogP contribution in [-0.4, -0.2) is 28.1 Å². The highest BCUT2D eigenvalue weighted by atomic mass is 35.5. The molecule has 1 unspecified atom stereocenters. The van der Waals surface area contributed by atoms with Gasteiger partial charge in [0.1, 0.15) is 5.15 Å². The summed E-state index contributed by atoms with van der Waals surface area (Å²) < 4.78 is 5.94. The molecule has 0 bridgehead atoms. The molecule has 2 aromatic rings. The Balaban J connectivity index is 1.51. The minimum atomic E-state index is -0.966. The van der Waals surface area contributed by atoms with Crippen molar-refractivity contribution in [2.24, 2.45) is 0 Å². The predicted molar refractivity (Wildman–Crippen MR) is 87.9 cm³/mol. The van der Waals surface area contributed by atoms with Crippen LogP contribution in [0.15, 0.2) is 42.6 Å². The van der Waals surface area contributed by atoms with Gasteiger partial charge >= 0.3 is 0 Å². The van der Waals surface area contributed by atoms with Gasteiger partial charge in [0.15, 0.2) is 6.29 Å². The van der Waals surface area contributed by atoms with Gasteiger partial charge in [0, 0.05) is 25.8 Å². The standard InChI is InChI=1S/C18H19ClN2O2/c19-16-15-14(6-9-20-16)18(23-17(15)22)7-10-21(11-8-18)12-13-4-2-1-3-5-13/h1-6,9,17,22H,7-8,10-12H2. The summed E-state index contributed by atoms with van der Waals surface area (Å²) >= 11 is 6.14. The number of aliphatic hydroxyl groups is 1. The van der Waals surface area contributed by atoms with Crippen LogP contribution in [0.1, 0.15) is 35.8 Å². The minimum Gasteiger partial charge on any atom is -0.364 e. The number of likely N-dealkylation sites (tertiary alicyclic amines) is 1. The second-order valence-electron chi connectivity index (χ2n) is 6.29. The molecule has 1 aromatic carbocycles. The molecule has 4 nitrogen and oxygen atoms in total. The number of aliphatic hydroxyl groups excluding tert-OH is 1. The maximum Gasteiger partial charge on any atom is 0.185 e. The zero-order chi connectivity index (χ0) is 15.9. The molecule has 23 heavy (non-hydrogen) atoms. The zero-order valence-corrected chi connectivity index (χ0v) is 13.5. The Morgan fingerprint density at radius 2 is 1.96 bits per heavy atom. The third-order valence-electron chi connectivity index (χ3n) is 4.93. The lowest BCUT2D eigenvalue weighted by Crippen LogP contribution is -2.42. The summed E-state index contributed by atoms with van der Waals surface area (Å²) in [5, 5.41) is 10.6. The number of rotatable bonds is 2. The first-order valence-electron chi connectivity index (χ1n) is 7.95. The van der Waals surface area contributed by atoms with Crippen LogP contribution >= 0.6 is 11.6 Å². The Kier molecular flexibility index (Phi) is 3.85. The number of hydrogen-bond donors (Lipinski definition) is 1. The molecule has 1 aromatic heterocycles. The number of ether oxygens (including phenoxy) is 1. The predicted octanol–water partition coefficient (Wildman–Crippen LogP) is 3.25. The van der Waals surface area contributed by atoms with Gasteiger partial charge in [-0.2, -0.15) is 0 Å². The number of nitrogens with zero attached hydrogens (tertiary/aromatic N) is 2. The number of piperidine rings is 1. The van der Waals surface area contributed by atoms with Crippen molar-refractivity contribution >= 4 is 11.6 Å². The summed E-state index contributed by atoms with van der Waals surface area (Å²) in [5.74, 6) is 0. The fourth-order valence-corrected chi connectivity index (χ4v) is 3.97. The van der Waals surface area contributed by atoms with E-state index in [0.29, 0.717) is 10.7 Å². The van der Waals surface area contributed by atoms with E-state index in [2.05, 4.69) is 34.1 Å². The SMILES string of the molecule is OC1OC2(CCN(Cc3ccccc3)CC2)c2ccnc(Cl)c21. The van der Waals surface area contributed by atoms with Crippen LogP contribution in [-0.2, 0) is 16.9 Å². The quantitative estimate of drug-likeness (QED) is 0.859. The van der Waals surface area contributed by atoms with Crippen LogP contribution in [0.5, 0.6) is 0 Å². The van der Waals surface area contributed by atoms with E-state index >= 15 is 0 Å². The maximum atomic E-state index is 10.2. The van der Waals surface area contributed by atoms with Crippen LogP contribution in [0.25, 0.3) is 0 Å². The lowest BCUT2D eigenvalue weighted by molar-refractivity contribution is -0.189. The van der Waals surface area contributed by atoms with Crippen LogP contribution in [0.4, 0.5) is 0 Å². The van der Waals surface area contributed by atoms with Gasteiger partial charge in [-0.3, -0.25) is 4.90 Å². The Morgan fingerprint density at radius 3 is 2.70 bits per heavy atom. The van der Waals surface area contributed by atoms with E-state index in [0.717, 1.165) is 38.0 Å². The highest BCUT2D eigenvalue weighted by molar-refractivity contribution is 6.30. The van der Waals surface area contributed by atoms with Crippen LogP contribution < -0.4 is 0 Å². The number of halogens is 1. The summed E-state index contributed by atoms with van der Waals surface area (Å²) in [4.78, 5) is 6.49. The van der Waals surface area contributed by atoms with Gasteiger partial charge in [-0.05, 0) is 30.0 Å². The monoisotopic (exact) mass is 330 g/mol. The molecule has 120 valence electrons. The van der Waals surface area contributed by atoms with Gasteiger partial charge in [-0.25, -0.2) is 4.98 Å². The van der Waals surface area contributed by atoms with Crippen molar-refractivity contribution in [1.82, 2.24) is 9.88 Å². The number of benzene rings is 1. The molecular formula is C18H19ClN2O2. The average molecular weight is 331 g/mol. The van der Waals surface area contributed by atoms with E-state index < -0.39 is 11.9 Å². The van der Waals surface area contributed by atoms with Crippen LogP contribution in [0.2, 0.25) is 5.15 Å². The van der Waals surface area contributed by atoms with Gasteiger partial charge in [-0.1, -0.05) is 41.9 Å². The number of aromatic nitrogens is 1.